The summed E-state index contributed by atoms with van der Waals surface area (Å²) in [6, 6.07) is 7.24. The second-order valence-electron chi connectivity index (χ2n) is 4.86. The summed E-state index contributed by atoms with van der Waals surface area (Å²) in [7, 11) is 0. The maximum absolute atomic E-state index is 12.8. The highest BCUT2D eigenvalue weighted by atomic mass is 19.3. The first-order chi connectivity index (χ1) is 9.02. The van der Waals surface area contributed by atoms with Gasteiger partial charge in [-0.3, -0.25) is 0 Å². The minimum atomic E-state index is -2.55. The van der Waals surface area contributed by atoms with Crippen LogP contribution < -0.4 is 5.32 Å². The Labute approximate surface area is 111 Å². The number of nitrogens with one attached hydrogen (secondary N) is 1. The predicted molar refractivity (Wildman–Crippen MR) is 75.0 cm³/mol. The SMILES string of the molecule is CCNc1cc(C(F)F)nc2ccc(C(C)C)cc12. The van der Waals surface area contributed by atoms with Gasteiger partial charge in [0, 0.05) is 17.6 Å². The van der Waals surface area contributed by atoms with Gasteiger partial charge in [-0.15, -0.1) is 0 Å². The van der Waals surface area contributed by atoms with Crippen molar-refractivity contribution in [3.05, 3.63) is 35.5 Å². The van der Waals surface area contributed by atoms with E-state index < -0.39 is 6.43 Å². The number of fused-ring (bicyclic) bond motifs is 1. The van der Waals surface area contributed by atoms with E-state index >= 15 is 0 Å². The van der Waals surface area contributed by atoms with Gasteiger partial charge in [0.25, 0.3) is 6.43 Å². The molecule has 0 bridgehead atoms. The molecule has 1 heterocycles. The minimum Gasteiger partial charge on any atom is -0.385 e. The molecular formula is C15H18F2N2. The number of anilines is 1. The first-order valence-corrected chi connectivity index (χ1v) is 6.49. The summed E-state index contributed by atoms with van der Waals surface area (Å²) in [4.78, 5) is 4.03. The first-order valence-electron chi connectivity index (χ1n) is 6.49. The molecule has 1 aromatic heterocycles. The molecule has 0 amide bonds. The van der Waals surface area contributed by atoms with Gasteiger partial charge < -0.3 is 5.32 Å². The molecule has 0 spiro atoms. The Bertz CT molecular complexity index is 580. The summed E-state index contributed by atoms with van der Waals surface area (Å²) in [6.45, 7) is 6.85. The van der Waals surface area contributed by atoms with Crippen molar-refractivity contribution in [1.82, 2.24) is 4.98 Å². The number of hydrogen-bond acceptors (Lipinski definition) is 2. The molecule has 102 valence electrons. The average molecular weight is 264 g/mol. The maximum atomic E-state index is 12.8. The minimum absolute atomic E-state index is 0.180. The van der Waals surface area contributed by atoms with E-state index in [9.17, 15) is 8.78 Å². The smallest absolute Gasteiger partial charge is 0.280 e. The fraction of sp³-hybridized carbons (Fsp3) is 0.400. The molecule has 2 aromatic rings. The summed E-state index contributed by atoms with van der Waals surface area (Å²) in [6.07, 6.45) is -2.55. The normalized spacial score (nSPS) is 11.5. The van der Waals surface area contributed by atoms with Crippen molar-refractivity contribution < 1.29 is 8.78 Å². The quantitative estimate of drug-likeness (QED) is 0.863. The second kappa shape index (κ2) is 5.51. The van der Waals surface area contributed by atoms with Crippen LogP contribution in [0.3, 0.4) is 0 Å². The number of alkyl halides is 2. The predicted octanol–water partition coefficient (Wildman–Crippen LogP) is 4.73. The van der Waals surface area contributed by atoms with Crippen LogP contribution in [0.25, 0.3) is 10.9 Å². The van der Waals surface area contributed by atoms with E-state index in [1.54, 1.807) is 0 Å². The standard InChI is InChI=1S/C15H18F2N2/c1-4-18-13-8-14(15(16)17)19-12-6-5-10(9(2)3)7-11(12)13/h5-9,15H,4H2,1-3H3,(H,18,19). The largest absolute Gasteiger partial charge is 0.385 e. The van der Waals surface area contributed by atoms with Crippen molar-refractivity contribution in [2.75, 3.05) is 11.9 Å². The maximum Gasteiger partial charge on any atom is 0.280 e. The zero-order valence-electron chi connectivity index (χ0n) is 11.4. The van der Waals surface area contributed by atoms with Crippen molar-refractivity contribution in [3.8, 4) is 0 Å². The van der Waals surface area contributed by atoms with Crippen LogP contribution in [0.5, 0.6) is 0 Å². The van der Waals surface area contributed by atoms with E-state index in [1.165, 1.54) is 11.6 Å². The fourth-order valence-electron chi connectivity index (χ4n) is 2.07. The number of benzene rings is 1. The van der Waals surface area contributed by atoms with Crippen molar-refractivity contribution >= 4 is 16.6 Å². The number of nitrogens with zero attached hydrogens (tertiary/aromatic N) is 1. The van der Waals surface area contributed by atoms with Crippen LogP contribution in [0.15, 0.2) is 24.3 Å². The lowest BCUT2D eigenvalue weighted by atomic mass is 10.00. The van der Waals surface area contributed by atoms with Crippen molar-refractivity contribution in [3.63, 3.8) is 0 Å². The van der Waals surface area contributed by atoms with E-state index in [0.717, 1.165) is 11.1 Å². The van der Waals surface area contributed by atoms with Crippen LogP contribution in [0.4, 0.5) is 14.5 Å². The number of halogens is 2. The molecule has 0 radical (unpaired) electrons. The molecule has 19 heavy (non-hydrogen) atoms. The van der Waals surface area contributed by atoms with Crippen LogP contribution in [0.1, 0.15) is 44.4 Å². The Hall–Kier alpha value is -1.71. The average Bonchev–Trinajstić information content (AvgIpc) is 2.38. The van der Waals surface area contributed by atoms with Gasteiger partial charge >= 0.3 is 0 Å². The van der Waals surface area contributed by atoms with Gasteiger partial charge in [-0.1, -0.05) is 19.9 Å². The van der Waals surface area contributed by atoms with Gasteiger partial charge in [0.2, 0.25) is 0 Å². The number of pyridine rings is 1. The fourth-order valence-corrected chi connectivity index (χ4v) is 2.07. The Balaban J connectivity index is 2.64. The zero-order chi connectivity index (χ0) is 14.0. The lowest BCUT2D eigenvalue weighted by Crippen LogP contribution is -2.01. The molecule has 1 aromatic carbocycles. The van der Waals surface area contributed by atoms with Gasteiger partial charge in [-0.2, -0.15) is 0 Å². The third-order valence-corrected chi connectivity index (χ3v) is 3.11. The zero-order valence-corrected chi connectivity index (χ0v) is 11.4. The summed E-state index contributed by atoms with van der Waals surface area (Å²) in [5.74, 6) is 0.397. The molecule has 1 N–H and O–H groups in total. The first kappa shape index (κ1) is 13.7. The van der Waals surface area contributed by atoms with Crippen LogP contribution in [-0.4, -0.2) is 11.5 Å². The summed E-state index contributed by atoms with van der Waals surface area (Å²) >= 11 is 0. The van der Waals surface area contributed by atoms with Crippen molar-refractivity contribution in [1.29, 1.82) is 0 Å². The molecule has 0 aliphatic carbocycles. The molecule has 0 unspecified atom stereocenters. The van der Waals surface area contributed by atoms with Gasteiger partial charge in [-0.25, -0.2) is 13.8 Å². The third-order valence-electron chi connectivity index (χ3n) is 3.11. The lowest BCUT2D eigenvalue weighted by molar-refractivity contribution is 0.146. The molecule has 0 saturated carbocycles. The van der Waals surface area contributed by atoms with Crippen LogP contribution in [0, 0.1) is 0 Å². The van der Waals surface area contributed by atoms with E-state index in [2.05, 4.69) is 24.1 Å². The highest BCUT2D eigenvalue weighted by Gasteiger charge is 2.13. The second-order valence-corrected chi connectivity index (χ2v) is 4.86. The molecular weight excluding hydrogens is 246 g/mol. The molecule has 0 aliphatic heterocycles. The molecule has 2 nitrogen and oxygen atoms in total. The highest BCUT2D eigenvalue weighted by molar-refractivity contribution is 5.92. The van der Waals surface area contributed by atoms with Crippen molar-refractivity contribution in [2.45, 2.75) is 33.1 Å². The molecule has 4 heteroatoms. The Morgan fingerprint density at radius 1 is 1.21 bits per heavy atom. The van der Waals surface area contributed by atoms with Gasteiger partial charge in [0.15, 0.2) is 0 Å². The molecule has 0 fully saturated rings. The molecule has 0 aliphatic rings. The number of aromatic nitrogens is 1. The number of hydrogen-bond donors (Lipinski definition) is 1. The van der Waals surface area contributed by atoms with Crippen LogP contribution >= 0.6 is 0 Å². The highest BCUT2D eigenvalue weighted by Crippen LogP contribution is 2.30. The van der Waals surface area contributed by atoms with E-state index in [4.69, 9.17) is 0 Å². The Morgan fingerprint density at radius 3 is 2.53 bits per heavy atom. The van der Waals surface area contributed by atoms with Gasteiger partial charge in [0.05, 0.1) is 5.52 Å². The third kappa shape index (κ3) is 2.83. The molecule has 0 saturated heterocycles. The van der Waals surface area contributed by atoms with Crippen LogP contribution in [0.2, 0.25) is 0 Å². The summed E-state index contributed by atoms with van der Waals surface area (Å²) < 4.78 is 25.7. The number of rotatable bonds is 4. The summed E-state index contributed by atoms with van der Waals surface area (Å²) in [5.41, 5.74) is 2.34. The Kier molecular flexibility index (Phi) is 3.98. The van der Waals surface area contributed by atoms with Gasteiger partial charge in [-0.05, 0) is 36.6 Å². The summed E-state index contributed by atoms with van der Waals surface area (Å²) in [5, 5.41) is 4.04. The van der Waals surface area contributed by atoms with E-state index in [1.807, 2.05) is 25.1 Å². The van der Waals surface area contributed by atoms with Crippen LogP contribution in [-0.2, 0) is 0 Å². The van der Waals surface area contributed by atoms with Crippen molar-refractivity contribution in [2.24, 2.45) is 0 Å². The lowest BCUT2D eigenvalue weighted by Gasteiger charge is -2.13. The topological polar surface area (TPSA) is 24.9 Å². The van der Waals surface area contributed by atoms with E-state index in [0.29, 0.717) is 18.0 Å². The monoisotopic (exact) mass is 264 g/mol. The molecule has 2 rings (SSSR count). The molecule has 0 atom stereocenters. The Morgan fingerprint density at radius 2 is 1.95 bits per heavy atom. The van der Waals surface area contributed by atoms with Gasteiger partial charge in [0.1, 0.15) is 5.69 Å². The van der Waals surface area contributed by atoms with E-state index in [-0.39, 0.29) is 5.69 Å².